The summed E-state index contributed by atoms with van der Waals surface area (Å²) in [6.45, 7) is 11.7. The number of carbonyl (C=O) groups is 1. The van der Waals surface area contributed by atoms with E-state index in [0.717, 1.165) is 12.8 Å². The van der Waals surface area contributed by atoms with Crippen LogP contribution in [0, 0.1) is 5.92 Å². The van der Waals surface area contributed by atoms with Crippen LogP contribution >= 0.6 is 0 Å². The molecule has 0 saturated carbocycles. The first-order chi connectivity index (χ1) is 5.97. The molecule has 0 radical (unpaired) electrons. The van der Waals surface area contributed by atoms with Gasteiger partial charge in [-0.25, -0.2) is 0 Å². The summed E-state index contributed by atoms with van der Waals surface area (Å²) >= 11 is 0. The third-order valence-corrected chi connectivity index (χ3v) is 2.28. The Hall–Kier alpha value is -0.790. The number of hydrogen-bond donors (Lipinski definition) is 1. The van der Waals surface area contributed by atoms with Crippen LogP contribution in [-0.4, -0.2) is 11.9 Å². The lowest BCUT2D eigenvalue weighted by Gasteiger charge is -2.20. The molecule has 0 aromatic heterocycles. The molecule has 0 aliphatic rings. The second-order valence-corrected chi connectivity index (χ2v) is 3.79. The van der Waals surface area contributed by atoms with E-state index in [4.69, 9.17) is 0 Å². The molecule has 0 heterocycles. The number of hydrogen-bond acceptors (Lipinski definition) is 1. The fourth-order valence-electron chi connectivity index (χ4n) is 1.55. The van der Waals surface area contributed by atoms with Gasteiger partial charge in [0.25, 0.3) is 0 Å². The van der Waals surface area contributed by atoms with Crippen molar-refractivity contribution >= 4 is 5.91 Å². The number of amides is 1. The molecule has 0 fully saturated rings. The summed E-state index contributed by atoms with van der Waals surface area (Å²) in [6.07, 6.45) is 2.09. The van der Waals surface area contributed by atoms with Gasteiger partial charge in [-0.1, -0.05) is 19.1 Å². The molecular formula is C11H21NO. The van der Waals surface area contributed by atoms with Gasteiger partial charge in [-0.05, 0) is 32.6 Å². The van der Waals surface area contributed by atoms with Gasteiger partial charge in [-0.2, -0.15) is 0 Å². The Bertz CT molecular complexity index is 187. The molecule has 76 valence electrons. The standard InChI is InChI=1S/C11H21NO/c1-6-11(8(2)3)7-9(4)12-10(5)13/h9,11H,2,6-7H2,1,3-5H3,(H,12,13). The van der Waals surface area contributed by atoms with Crippen molar-refractivity contribution in [1.29, 1.82) is 0 Å². The van der Waals surface area contributed by atoms with Crippen LogP contribution in [0.25, 0.3) is 0 Å². The SMILES string of the molecule is C=C(C)C(CC)CC(C)NC(C)=O. The van der Waals surface area contributed by atoms with Crippen LogP contribution in [-0.2, 0) is 4.79 Å². The van der Waals surface area contributed by atoms with Crippen molar-refractivity contribution in [2.45, 2.75) is 46.6 Å². The van der Waals surface area contributed by atoms with Crippen LogP contribution in [0.4, 0.5) is 0 Å². The number of carbonyl (C=O) groups excluding carboxylic acids is 1. The maximum Gasteiger partial charge on any atom is 0.217 e. The topological polar surface area (TPSA) is 29.1 Å². The maximum atomic E-state index is 10.8. The van der Waals surface area contributed by atoms with Crippen LogP contribution in [0.15, 0.2) is 12.2 Å². The molecule has 1 N–H and O–H groups in total. The van der Waals surface area contributed by atoms with Crippen molar-refractivity contribution in [2.24, 2.45) is 5.92 Å². The minimum atomic E-state index is 0.0454. The summed E-state index contributed by atoms with van der Waals surface area (Å²) in [5, 5.41) is 2.88. The molecule has 0 spiro atoms. The van der Waals surface area contributed by atoms with E-state index in [0.29, 0.717) is 5.92 Å². The maximum absolute atomic E-state index is 10.8. The molecule has 2 nitrogen and oxygen atoms in total. The first kappa shape index (κ1) is 12.2. The summed E-state index contributed by atoms with van der Waals surface area (Å²) in [6, 6.07) is 0.249. The predicted molar refractivity (Wildman–Crippen MR) is 56.5 cm³/mol. The average molecular weight is 183 g/mol. The molecule has 0 aromatic rings. The van der Waals surface area contributed by atoms with E-state index in [1.165, 1.54) is 5.57 Å². The molecule has 2 atom stereocenters. The Morgan fingerprint density at radius 1 is 1.46 bits per heavy atom. The van der Waals surface area contributed by atoms with E-state index < -0.39 is 0 Å². The molecule has 0 aliphatic heterocycles. The first-order valence-corrected chi connectivity index (χ1v) is 4.89. The Labute approximate surface area is 81.4 Å². The molecule has 0 bridgehead atoms. The predicted octanol–water partition coefficient (Wildman–Crippen LogP) is 2.50. The highest BCUT2D eigenvalue weighted by atomic mass is 16.1. The molecule has 1 amide bonds. The van der Waals surface area contributed by atoms with Crippen LogP contribution in [0.1, 0.15) is 40.5 Å². The second kappa shape index (κ2) is 5.79. The normalized spacial score (nSPS) is 14.8. The Morgan fingerprint density at radius 3 is 2.31 bits per heavy atom. The fraction of sp³-hybridized carbons (Fsp3) is 0.727. The van der Waals surface area contributed by atoms with E-state index in [9.17, 15) is 4.79 Å². The van der Waals surface area contributed by atoms with E-state index in [1.54, 1.807) is 6.92 Å². The molecule has 0 rings (SSSR count). The first-order valence-electron chi connectivity index (χ1n) is 4.89. The lowest BCUT2D eigenvalue weighted by Crippen LogP contribution is -2.32. The summed E-state index contributed by atoms with van der Waals surface area (Å²) < 4.78 is 0. The van der Waals surface area contributed by atoms with Crippen molar-refractivity contribution in [1.82, 2.24) is 5.32 Å². The number of allylic oxidation sites excluding steroid dienone is 1. The molecule has 0 aromatic carbocycles. The van der Waals surface area contributed by atoms with Crippen LogP contribution in [0.2, 0.25) is 0 Å². The quantitative estimate of drug-likeness (QED) is 0.652. The third kappa shape index (κ3) is 5.45. The Balaban J connectivity index is 3.93. The van der Waals surface area contributed by atoms with Crippen molar-refractivity contribution in [2.75, 3.05) is 0 Å². The van der Waals surface area contributed by atoms with Crippen LogP contribution in [0.5, 0.6) is 0 Å². The van der Waals surface area contributed by atoms with Crippen molar-refractivity contribution in [3.8, 4) is 0 Å². The molecule has 0 aliphatic carbocycles. The smallest absolute Gasteiger partial charge is 0.217 e. The van der Waals surface area contributed by atoms with Gasteiger partial charge in [0, 0.05) is 13.0 Å². The highest BCUT2D eigenvalue weighted by molar-refractivity contribution is 5.73. The van der Waals surface area contributed by atoms with Gasteiger partial charge in [-0.3, -0.25) is 4.79 Å². The summed E-state index contributed by atoms with van der Waals surface area (Å²) in [5.74, 6) is 0.575. The van der Waals surface area contributed by atoms with E-state index in [2.05, 4.69) is 25.7 Å². The fourth-order valence-corrected chi connectivity index (χ4v) is 1.55. The molecule has 0 saturated heterocycles. The van der Waals surface area contributed by atoms with Gasteiger partial charge >= 0.3 is 0 Å². The van der Waals surface area contributed by atoms with Crippen molar-refractivity contribution in [3.05, 3.63) is 12.2 Å². The van der Waals surface area contributed by atoms with Gasteiger partial charge in [0.2, 0.25) is 5.91 Å². The second-order valence-electron chi connectivity index (χ2n) is 3.79. The van der Waals surface area contributed by atoms with Crippen LogP contribution in [0.3, 0.4) is 0 Å². The highest BCUT2D eigenvalue weighted by Crippen LogP contribution is 2.18. The Morgan fingerprint density at radius 2 is 2.00 bits per heavy atom. The molecular weight excluding hydrogens is 162 g/mol. The lowest BCUT2D eigenvalue weighted by molar-refractivity contribution is -0.119. The zero-order valence-corrected chi connectivity index (χ0v) is 9.18. The zero-order valence-electron chi connectivity index (χ0n) is 9.18. The van der Waals surface area contributed by atoms with Gasteiger partial charge in [0.05, 0.1) is 0 Å². The monoisotopic (exact) mass is 183 g/mol. The summed E-state index contributed by atoms with van der Waals surface area (Å²) in [4.78, 5) is 10.8. The average Bonchev–Trinajstić information content (AvgIpc) is 1.98. The van der Waals surface area contributed by atoms with Crippen LogP contribution < -0.4 is 5.32 Å². The Kier molecular flexibility index (Phi) is 5.44. The number of rotatable bonds is 5. The van der Waals surface area contributed by atoms with Crippen molar-refractivity contribution in [3.63, 3.8) is 0 Å². The van der Waals surface area contributed by atoms with E-state index in [1.807, 2.05) is 6.92 Å². The third-order valence-electron chi connectivity index (χ3n) is 2.28. The highest BCUT2D eigenvalue weighted by Gasteiger charge is 2.12. The number of nitrogens with one attached hydrogen (secondary N) is 1. The molecule has 2 unspecified atom stereocenters. The van der Waals surface area contributed by atoms with E-state index in [-0.39, 0.29) is 11.9 Å². The minimum absolute atomic E-state index is 0.0454. The van der Waals surface area contributed by atoms with Gasteiger partial charge in [0.1, 0.15) is 0 Å². The van der Waals surface area contributed by atoms with Gasteiger partial charge in [0.15, 0.2) is 0 Å². The molecule has 2 heteroatoms. The summed E-state index contributed by atoms with van der Waals surface area (Å²) in [7, 11) is 0. The van der Waals surface area contributed by atoms with Gasteiger partial charge in [-0.15, -0.1) is 0 Å². The van der Waals surface area contributed by atoms with Gasteiger partial charge < -0.3 is 5.32 Å². The summed E-state index contributed by atoms with van der Waals surface area (Å²) in [5.41, 5.74) is 1.21. The molecule has 13 heavy (non-hydrogen) atoms. The lowest BCUT2D eigenvalue weighted by atomic mass is 9.92. The van der Waals surface area contributed by atoms with E-state index >= 15 is 0 Å². The minimum Gasteiger partial charge on any atom is -0.354 e. The van der Waals surface area contributed by atoms with Crippen molar-refractivity contribution < 1.29 is 4.79 Å². The largest absolute Gasteiger partial charge is 0.354 e. The zero-order chi connectivity index (χ0) is 10.4.